The van der Waals surface area contributed by atoms with Gasteiger partial charge in [0.1, 0.15) is 0 Å². The van der Waals surface area contributed by atoms with Crippen molar-refractivity contribution in [3.63, 3.8) is 0 Å². The molecule has 1 aromatic rings. The van der Waals surface area contributed by atoms with Crippen LogP contribution in [-0.2, 0) is 6.54 Å². The fraction of sp³-hybridized carbons (Fsp3) is 0.583. The van der Waals surface area contributed by atoms with E-state index in [4.69, 9.17) is 0 Å². The Morgan fingerprint density at radius 2 is 2.19 bits per heavy atom. The van der Waals surface area contributed by atoms with Crippen molar-refractivity contribution in [2.24, 2.45) is 0 Å². The molecule has 2 rings (SSSR count). The Morgan fingerprint density at radius 3 is 2.94 bits per heavy atom. The van der Waals surface area contributed by atoms with Crippen molar-refractivity contribution < 1.29 is 0 Å². The third-order valence-corrected chi connectivity index (χ3v) is 2.68. The zero-order chi connectivity index (χ0) is 11.2. The minimum Gasteiger partial charge on any atom is -0.325 e. The third kappa shape index (κ3) is 4.16. The molecule has 1 heterocycles. The molecule has 88 valence electrons. The van der Waals surface area contributed by atoms with Gasteiger partial charge in [0.15, 0.2) is 0 Å². The average molecular weight is 221 g/mol. The summed E-state index contributed by atoms with van der Waals surface area (Å²) < 4.78 is 0. The smallest absolute Gasteiger partial charge is 0.248 e. The molecule has 0 bridgehead atoms. The lowest BCUT2D eigenvalue weighted by molar-refractivity contribution is 0.589. The normalized spacial score (nSPS) is 15.2. The predicted molar refractivity (Wildman–Crippen MR) is 64.4 cm³/mol. The van der Waals surface area contributed by atoms with Gasteiger partial charge in [0, 0.05) is 24.3 Å². The van der Waals surface area contributed by atoms with Gasteiger partial charge in [-0.1, -0.05) is 6.07 Å². The molecule has 0 aliphatic heterocycles. The topological polar surface area (TPSA) is 56.9 Å². The van der Waals surface area contributed by atoms with Gasteiger partial charge < -0.3 is 15.6 Å². The van der Waals surface area contributed by atoms with E-state index in [2.05, 4.69) is 15.6 Å². The lowest BCUT2D eigenvalue weighted by Crippen LogP contribution is -2.23. The van der Waals surface area contributed by atoms with E-state index in [1.54, 1.807) is 6.07 Å². The number of aromatic amines is 1. The summed E-state index contributed by atoms with van der Waals surface area (Å²) in [5, 5.41) is 6.78. The van der Waals surface area contributed by atoms with Crippen molar-refractivity contribution in [3.8, 4) is 0 Å². The lowest BCUT2D eigenvalue weighted by Gasteiger charge is -2.05. The number of H-pyrrole nitrogens is 1. The molecular weight excluding hydrogens is 202 g/mol. The molecule has 1 saturated carbocycles. The molecule has 3 N–H and O–H groups in total. The Labute approximate surface area is 95.5 Å². The summed E-state index contributed by atoms with van der Waals surface area (Å²) in [6.45, 7) is 2.80. The van der Waals surface area contributed by atoms with Gasteiger partial charge in [-0.3, -0.25) is 4.79 Å². The van der Waals surface area contributed by atoms with Crippen LogP contribution in [0, 0.1) is 0 Å². The van der Waals surface area contributed by atoms with Gasteiger partial charge in [-0.25, -0.2) is 0 Å². The Kier molecular flexibility index (Phi) is 4.13. The van der Waals surface area contributed by atoms with Crippen LogP contribution in [0.5, 0.6) is 0 Å². The van der Waals surface area contributed by atoms with Gasteiger partial charge in [0.05, 0.1) is 0 Å². The van der Waals surface area contributed by atoms with Crippen LogP contribution in [0.4, 0.5) is 0 Å². The van der Waals surface area contributed by atoms with Crippen LogP contribution in [-0.4, -0.2) is 24.1 Å². The molecule has 4 nitrogen and oxygen atoms in total. The Bertz CT molecular complexity index is 371. The number of rotatable bonds is 7. The van der Waals surface area contributed by atoms with Crippen LogP contribution in [0.2, 0.25) is 0 Å². The van der Waals surface area contributed by atoms with E-state index in [1.165, 1.54) is 18.9 Å². The fourth-order valence-electron chi connectivity index (χ4n) is 1.63. The molecule has 1 fully saturated rings. The van der Waals surface area contributed by atoms with Crippen LogP contribution in [0.25, 0.3) is 0 Å². The van der Waals surface area contributed by atoms with Crippen molar-refractivity contribution in [2.45, 2.75) is 31.8 Å². The van der Waals surface area contributed by atoms with Crippen molar-refractivity contribution in [1.82, 2.24) is 15.6 Å². The first-order valence-electron chi connectivity index (χ1n) is 5.97. The van der Waals surface area contributed by atoms with E-state index in [1.807, 2.05) is 6.07 Å². The Hall–Kier alpha value is -1.13. The highest BCUT2D eigenvalue weighted by Gasteiger charge is 2.19. The van der Waals surface area contributed by atoms with E-state index >= 15 is 0 Å². The summed E-state index contributed by atoms with van der Waals surface area (Å²) in [7, 11) is 0. The summed E-state index contributed by atoms with van der Waals surface area (Å²) in [5.74, 6) is 0. The minimum absolute atomic E-state index is 0.0327. The van der Waals surface area contributed by atoms with Crippen molar-refractivity contribution in [3.05, 3.63) is 34.2 Å². The second-order valence-corrected chi connectivity index (χ2v) is 4.30. The van der Waals surface area contributed by atoms with Crippen LogP contribution >= 0.6 is 0 Å². The van der Waals surface area contributed by atoms with Crippen LogP contribution in [0.3, 0.4) is 0 Å². The zero-order valence-corrected chi connectivity index (χ0v) is 9.46. The predicted octanol–water partition coefficient (Wildman–Crippen LogP) is 0.607. The molecule has 0 amide bonds. The number of aromatic nitrogens is 1. The van der Waals surface area contributed by atoms with Crippen molar-refractivity contribution in [1.29, 1.82) is 0 Å². The summed E-state index contributed by atoms with van der Waals surface area (Å²) in [4.78, 5) is 13.8. The van der Waals surface area contributed by atoms with E-state index in [0.29, 0.717) is 0 Å². The summed E-state index contributed by atoms with van der Waals surface area (Å²) in [6.07, 6.45) is 3.82. The highest BCUT2D eigenvalue weighted by molar-refractivity contribution is 5.03. The monoisotopic (exact) mass is 221 g/mol. The van der Waals surface area contributed by atoms with E-state index in [0.717, 1.165) is 37.8 Å². The molecule has 1 aliphatic rings. The minimum atomic E-state index is -0.0327. The number of nitrogens with one attached hydrogen (secondary N) is 3. The first-order valence-corrected chi connectivity index (χ1v) is 5.97. The molecule has 0 atom stereocenters. The maximum atomic E-state index is 11.0. The van der Waals surface area contributed by atoms with Crippen molar-refractivity contribution in [2.75, 3.05) is 13.1 Å². The molecule has 0 aromatic carbocycles. The summed E-state index contributed by atoms with van der Waals surface area (Å²) >= 11 is 0. The van der Waals surface area contributed by atoms with Crippen LogP contribution in [0.15, 0.2) is 23.0 Å². The molecule has 0 spiro atoms. The molecular formula is C12H19N3O. The van der Waals surface area contributed by atoms with E-state index in [9.17, 15) is 4.79 Å². The molecule has 4 heteroatoms. The van der Waals surface area contributed by atoms with E-state index in [-0.39, 0.29) is 5.56 Å². The first kappa shape index (κ1) is 11.4. The fourth-order valence-corrected chi connectivity index (χ4v) is 1.63. The highest BCUT2D eigenvalue weighted by Crippen LogP contribution is 2.18. The van der Waals surface area contributed by atoms with Gasteiger partial charge >= 0.3 is 0 Å². The van der Waals surface area contributed by atoms with E-state index < -0.39 is 0 Å². The Balaban J connectivity index is 1.55. The second kappa shape index (κ2) is 5.82. The van der Waals surface area contributed by atoms with Gasteiger partial charge in [0.2, 0.25) is 5.56 Å². The Morgan fingerprint density at radius 1 is 1.31 bits per heavy atom. The largest absolute Gasteiger partial charge is 0.325 e. The van der Waals surface area contributed by atoms with Crippen LogP contribution in [0.1, 0.15) is 25.0 Å². The highest BCUT2D eigenvalue weighted by atomic mass is 16.1. The molecule has 0 unspecified atom stereocenters. The second-order valence-electron chi connectivity index (χ2n) is 4.30. The van der Waals surface area contributed by atoms with Gasteiger partial charge in [0.25, 0.3) is 0 Å². The zero-order valence-electron chi connectivity index (χ0n) is 9.46. The standard InChI is InChI=1S/C12H19N3O/c16-12-4-1-3-11(15-12)9-13-7-2-8-14-10-5-6-10/h1,3-4,10,13-14H,2,5-9H2,(H,15,16). The summed E-state index contributed by atoms with van der Waals surface area (Å²) in [6, 6.07) is 6.04. The first-order chi connectivity index (χ1) is 7.84. The molecule has 1 aliphatic carbocycles. The van der Waals surface area contributed by atoms with Crippen LogP contribution < -0.4 is 16.2 Å². The van der Waals surface area contributed by atoms with Gasteiger partial charge in [-0.05, 0) is 38.4 Å². The van der Waals surface area contributed by atoms with Crippen molar-refractivity contribution >= 4 is 0 Å². The molecule has 1 aromatic heterocycles. The SMILES string of the molecule is O=c1cccc(CNCCCNC2CC2)[nH]1. The number of hydrogen-bond donors (Lipinski definition) is 3. The van der Waals surface area contributed by atoms with Gasteiger partial charge in [-0.15, -0.1) is 0 Å². The number of pyridine rings is 1. The molecule has 0 radical (unpaired) electrons. The van der Waals surface area contributed by atoms with Gasteiger partial charge in [-0.2, -0.15) is 0 Å². The molecule has 16 heavy (non-hydrogen) atoms. The lowest BCUT2D eigenvalue weighted by atomic mass is 10.3. The average Bonchev–Trinajstić information content (AvgIpc) is 3.07. The maximum Gasteiger partial charge on any atom is 0.248 e. The summed E-state index contributed by atoms with van der Waals surface area (Å²) in [5.41, 5.74) is 0.914. The third-order valence-electron chi connectivity index (χ3n) is 2.68. The maximum absolute atomic E-state index is 11.0. The molecule has 0 saturated heterocycles. The number of hydrogen-bond acceptors (Lipinski definition) is 3. The quantitative estimate of drug-likeness (QED) is 0.591.